The number of non-ortho nitro benzene ring substituents is 1. The van der Waals surface area contributed by atoms with Crippen molar-refractivity contribution in [3.8, 4) is 5.75 Å². The van der Waals surface area contributed by atoms with Gasteiger partial charge in [-0.2, -0.15) is 0 Å². The third kappa shape index (κ3) is 3.92. The molecule has 0 aliphatic heterocycles. The monoisotopic (exact) mass is 279 g/mol. The molecule has 2 rings (SSSR count). The minimum absolute atomic E-state index is 0.0184. The molecule has 1 aliphatic rings. The third-order valence-corrected chi connectivity index (χ3v) is 3.05. The van der Waals surface area contributed by atoms with Crippen LogP contribution in [0.2, 0.25) is 0 Å². The van der Waals surface area contributed by atoms with Gasteiger partial charge in [0.05, 0.1) is 4.92 Å². The zero-order chi connectivity index (χ0) is 14.5. The Bertz CT molecular complexity index is 514. The molecule has 0 radical (unpaired) electrons. The molecule has 0 spiro atoms. The number of likely N-dealkylation sites (N-methyl/N-ethyl adjacent to an activating group) is 1. The fourth-order valence-electron chi connectivity index (χ4n) is 1.72. The van der Waals surface area contributed by atoms with E-state index in [1.807, 2.05) is 0 Å². The summed E-state index contributed by atoms with van der Waals surface area (Å²) >= 11 is 0. The van der Waals surface area contributed by atoms with Crippen molar-refractivity contribution in [3.05, 3.63) is 33.9 Å². The third-order valence-electron chi connectivity index (χ3n) is 3.05. The number of hydrogen-bond acceptors (Lipinski definition) is 5. The molecular weight excluding hydrogens is 262 g/mol. The van der Waals surface area contributed by atoms with Crippen LogP contribution in [0.1, 0.15) is 18.4 Å². The van der Waals surface area contributed by atoms with E-state index in [1.165, 1.54) is 25.2 Å². The number of ether oxygens (including phenoxy) is 1. The van der Waals surface area contributed by atoms with E-state index < -0.39 is 4.92 Å². The highest BCUT2D eigenvalue weighted by molar-refractivity contribution is 5.77. The molecule has 1 aliphatic carbocycles. The van der Waals surface area contributed by atoms with Gasteiger partial charge < -0.3 is 15.4 Å². The second kappa shape index (κ2) is 6.33. The SMILES string of the molecule is CNC(=O)COc1ccc([N+](=O)[O-])cc1CNC1CC1. The average molecular weight is 279 g/mol. The van der Waals surface area contributed by atoms with Gasteiger partial charge in [-0.25, -0.2) is 0 Å². The first kappa shape index (κ1) is 14.3. The number of rotatable bonds is 7. The van der Waals surface area contributed by atoms with Crippen LogP contribution in [0.25, 0.3) is 0 Å². The van der Waals surface area contributed by atoms with Crippen molar-refractivity contribution in [1.82, 2.24) is 10.6 Å². The quantitative estimate of drug-likeness (QED) is 0.573. The molecule has 1 saturated carbocycles. The molecule has 0 unspecified atom stereocenters. The Morgan fingerprint density at radius 1 is 1.50 bits per heavy atom. The van der Waals surface area contributed by atoms with Crippen molar-refractivity contribution >= 4 is 11.6 Å². The van der Waals surface area contributed by atoms with E-state index in [1.54, 1.807) is 0 Å². The number of nitro groups is 1. The fourth-order valence-corrected chi connectivity index (χ4v) is 1.72. The summed E-state index contributed by atoms with van der Waals surface area (Å²) in [7, 11) is 1.52. The molecule has 2 N–H and O–H groups in total. The lowest BCUT2D eigenvalue weighted by Crippen LogP contribution is -2.25. The van der Waals surface area contributed by atoms with Gasteiger partial charge in [0.1, 0.15) is 5.75 Å². The Kier molecular flexibility index (Phi) is 4.52. The summed E-state index contributed by atoms with van der Waals surface area (Å²) in [6.07, 6.45) is 2.26. The summed E-state index contributed by atoms with van der Waals surface area (Å²) in [4.78, 5) is 21.6. The second-order valence-corrected chi connectivity index (χ2v) is 4.67. The van der Waals surface area contributed by atoms with Gasteiger partial charge in [0.25, 0.3) is 11.6 Å². The molecule has 0 atom stereocenters. The molecule has 7 nitrogen and oxygen atoms in total. The number of amides is 1. The van der Waals surface area contributed by atoms with E-state index in [0.717, 1.165) is 12.8 Å². The molecule has 1 aromatic rings. The lowest BCUT2D eigenvalue weighted by atomic mass is 10.1. The molecule has 1 amide bonds. The molecule has 1 aromatic carbocycles. The summed E-state index contributed by atoms with van der Waals surface area (Å²) in [5, 5.41) is 16.5. The van der Waals surface area contributed by atoms with Crippen molar-refractivity contribution in [2.24, 2.45) is 0 Å². The van der Waals surface area contributed by atoms with Crippen molar-refractivity contribution in [2.75, 3.05) is 13.7 Å². The normalized spacial score (nSPS) is 13.8. The molecule has 0 heterocycles. The fraction of sp³-hybridized carbons (Fsp3) is 0.462. The van der Waals surface area contributed by atoms with E-state index in [2.05, 4.69) is 10.6 Å². The number of nitrogens with zero attached hydrogens (tertiary/aromatic N) is 1. The maximum absolute atomic E-state index is 11.2. The van der Waals surface area contributed by atoms with Crippen LogP contribution < -0.4 is 15.4 Å². The minimum atomic E-state index is -0.441. The van der Waals surface area contributed by atoms with E-state index in [4.69, 9.17) is 4.74 Å². The van der Waals surface area contributed by atoms with Crippen LogP contribution in [0.4, 0.5) is 5.69 Å². The Morgan fingerprint density at radius 3 is 2.85 bits per heavy atom. The molecular formula is C13H17N3O4. The maximum Gasteiger partial charge on any atom is 0.270 e. The number of carbonyl (C=O) groups excluding carboxylic acids is 1. The Morgan fingerprint density at radius 2 is 2.25 bits per heavy atom. The van der Waals surface area contributed by atoms with E-state index in [-0.39, 0.29) is 18.2 Å². The first-order valence-electron chi connectivity index (χ1n) is 6.44. The van der Waals surface area contributed by atoms with E-state index in [9.17, 15) is 14.9 Å². The van der Waals surface area contributed by atoms with Crippen molar-refractivity contribution in [1.29, 1.82) is 0 Å². The highest BCUT2D eigenvalue weighted by Crippen LogP contribution is 2.26. The molecule has 0 saturated heterocycles. The van der Waals surface area contributed by atoms with Gasteiger partial charge in [0.15, 0.2) is 6.61 Å². The summed E-state index contributed by atoms with van der Waals surface area (Å²) in [5.41, 5.74) is 0.708. The maximum atomic E-state index is 11.2. The number of nitro benzene ring substituents is 1. The van der Waals surface area contributed by atoms with Gasteiger partial charge in [0.2, 0.25) is 0 Å². The topological polar surface area (TPSA) is 93.5 Å². The van der Waals surface area contributed by atoms with Crippen LogP contribution in [0.3, 0.4) is 0 Å². The van der Waals surface area contributed by atoms with Crippen LogP contribution in [-0.4, -0.2) is 30.5 Å². The van der Waals surface area contributed by atoms with Crippen LogP contribution in [0.15, 0.2) is 18.2 Å². The zero-order valence-corrected chi connectivity index (χ0v) is 11.2. The number of carbonyl (C=O) groups is 1. The number of hydrogen-bond donors (Lipinski definition) is 2. The van der Waals surface area contributed by atoms with Gasteiger partial charge in [0, 0.05) is 37.3 Å². The summed E-state index contributed by atoms with van der Waals surface area (Å²) in [6, 6.07) is 4.88. The second-order valence-electron chi connectivity index (χ2n) is 4.67. The van der Waals surface area contributed by atoms with E-state index >= 15 is 0 Å². The molecule has 0 bridgehead atoms. The first-order valence-corrected chi connectivity index (χ1v) is 6.44. The lowest BCUT2D eigenvalue weighted by molar-refractivity contribution is -0.384. The zero-order valence-electron chi connectivity index (χ0n) is 11.2. The smallest absolute Gasteiger partial charge is 0.270 e. The minimum Gasteiger partial charge on any atom is -0.483 e. The summed E-state index contributed by atoms with van der Waals surface area (Å²) < 4.78 is 5.40. The highest BCUT2D eigenvalue weighted by Gasteiger charge is 2.21. The number of benzene rings is 1. The van der Waals surface area contributed by atoms with Crippen LogP contribution >= 0.6 is 0 Å². The average Bonchev–Trinajstić information content (AvgIpc) is 3.26. The molecule has 20 heavy (non-hydrogen) atoms. The number of nitrogens with one attached hydrogen (secondary N) is 2. The summed E-state index contributed by atoms with van der Waals surface area (Å²) in [6.45, 7) is 0.389. The molecule has 108 valence electrons. The van der Waals surface area contributed by atoms with E-state index in [0.29, 0.717) is 23.9 Å². The van der Waals surface area contributed by atoms with Crippen molar-refractivity contribution in [3.63, 3.8) is 0 Å². The Hall–Kier alpha value is -2.15. The van der Waals surface area contributed by atoms with Gasteiger partial charge in [-0.1, -0.05) is 0 Å². The first-order chi connectivity index (χ1) is 9.60. The summed E-state index contributed by atoms with van der Waals surface area (Å²) in [5.74, 6) is 0.247. The van der Waals surface area contributed by atoms with Gasteiger partial charge in [-0.15, -0.1) is 0 Å². The molecule has 1 fully saturated rings. The van der Waals surface area contributed by atoms with Gasteiger partial charge in [-0.05, 0) is 18.9 Å². The van der Waals surface area contributed by atoms with Gasteiger partial charge >= 0.3 is 0 Å². The predicted octanol–water partition coefficient (Wildman–Crippen LogP) is 0.972. The highest BCUT2D eigenvalue weighted by atomic mass is 16.6. The van der Waals surface area contributed by atoms with Crippen molar-refractivity contribution < 1.29 is 14.5 Å². The van der Waals surface area contributed by atoms with Crippen LogP contribution in [0.5, 0.6) is 5.75 Å². The molecule has 7 heteroatoms. The molecule has 0 aromatic heterocycles. The predicted molar refractivity (Wildman–Crippen MR) is 72.5 cm³/mol. The van der Waals surface area contributed by atoms with Crippen molar-refractivity contribution in [2.45, 2.75) is 25.4 Å². The largest absolute Gasteiger partial charge is 0.483 e. The van der Waals surface area contributed by atoms with Crippen LogP contribution in [0, 0.1) is 10.1 Å². The standard InChI is InChI=1S/C13H17N3O4/c1-14-13(17)8-20-12-5-4-11(16(18)19)6-9(12)7-15-10-2-3-10/h4-6,10,15H,2-3,7-8H2,1H3,(H,14,17). The van der Waals surface area contributed by atoms with Gasteiger partial charge in [-0.3, -0.25) is 14.9 Å². The Balaban J connectivity index is 2.09. The lowest BCUT2D eigenvalue weighted by Gasteiger charge is -2.11. The Labute approximate surface area is 116 Å². The van der Waals surface area contributed by atoms with Crippen LogP contribution in [-0.2, 0) is 11.3 Å².